The molecule has 20 heavy (non-hydrogen) atoms. The van der Waals surface area contributed by atoms with Crippen LogP contribution in [0, 0.1) is 11.3 Å². The number of nitriles is 1. The first-order valence-electron chi connectivity index (χ1n) is 6.39. The average Bonchev–Trinajstić information content (AvgIpc) is 2.38. The summed E-state index contributed by atoms with van der Waals surface area (Å²) in [6.45, 7) is 6.48. The number of halogens is 1. The van der Waals surface area contributed by atoms with Crippen LogP contribution in [0.4, 0.5) is 0 Å². The van der Waals surface area contributed by atoms with Crippen LogP contribution in [0.2, 0.25) is 5.02 Å². The SMILES string of the molecule is CC(C)(C)c1ccc(Oc2cccc(Cl)c2C#N)cc1. The number of ether oxygens (including phenoxy) is 1. The summed E-state index contributed by atoms with van der Waals surface area (Å²) in [5.74, 6) is 1.17. The second-order valence-corrected chi connectivity index (χ2v) is 6.01. The van der Waals surface area contributed by atoms with Gasteiger partial charge in [-0.15, -0.1) is 0 Å². The van der Waals surface area contributed by atoms with E-state index in [4.69, 9.17) is 21.6 Å². The zero-order valence-electron chi connectivity index (χ0n) is 11.8. The first-order valence-corrected chi connectivity index (χ1v) is 6.76. The van der Waals surface area contributed by atoms with Crippen molar-refractivity contribution in [2.24, 2.45) is 0 Å². The van der Waals surface area contributed by atoms with Crippen LogP contribution in [0.15, 0.2) is 42.5 Å². The lowest BCUT2D eigenvalue weighted by atomic mass is 9.87. The molecule has 2 aromatic carbocycles. The van der Waals surface area contributed by atoms with Crippen molar-refractivity contribution in [1.82, 2.24) is 0 Å². The van der Waals surface area contributed by atoms with E-state index in [2.05, 4.69) is 26.8 Å². The van der Waals surface area contributed by atoms with Gasteiger partial charge in [-0.05, 0) is 35.2 Å². The molecule has 0 spiro atoms. The molecule has 0 N–H and O–H groups in total. The molecule has 0 saturated carbocycles. The number of hydrogen-bond donors (Lipinski definition) is 0. The highest BCUT2D eigenvalue weighted by Crippen LogP contribution is 2.31. The van der Waals surface area contributed by atoms with Gasteiger partial charge in [0.25, 0.3) is 0 Å². The maximum Gasteiger partial charge on any atom is 0.146 e. The summed E-state index contributed by atoms with van der Waals surface area (Å²) in [4.78, 5) is 0. The molecule has 0 saturated heterocycles. The van der Waals surface area contributed by atoms with E-state index in [0.717, 1.165) is 0 Å². The molecule has 0 heterocycles. The smallest absolute Gasteiger partial charge is 0.146 e. The lowest BCUT2D eigenvalue weighted by molar-refractivity contribution is 0.480. The fourth-order valence-electron chi connectivity index (χ4n) is 1.85. The molecular formula is C17H16ClNO. The molecule has 0 radical (unpaired) electrons. The Labute approximate surface area is 124 Å². The van der Waals surface area contributed by atoms with Crippen LogP contribution >= 0.6 is 11.6 Å². The second kappa shape index (κ2) is 5.56. The predicted octanol–water partition coefficient (Wildman–Crippen LogP) is 5.30. The largest absolute Gasteiger partial charge is 0.456 e. The highest BCUT2D eigenvalue weighted by Gasteiger charge is 2.14. The van der Waals surface area contributed by atoms with Crippen molar-refractivity contribution >= 4 is 11.6 Å². The summed E-state index contributed by atoms with van der Waals surface area (Å²) in [6.07, 6.45) is 0. The van der Waals surface area contributed by atoms with E-state index in [1.807, 2.05) is 24.3 Å². The van der Waals surface area contributed by atoms with Gasteiger partial charge in [0, 0.05) is 0 Å². The van der Waals surface area contributed by atoms with Crippen LogP contribution in [0.25, 0.3) is 0 Å². The zero-order chi connectivity index (χ0) is 14.8. The molecule has 3 heteroatoms. The molecule has 0 aromatic heterocycles. The second-order valence-electron chi connectivity index (χ2n) is 5.60. The van der Waals surface area contributed by atoms with Crippen LogP contribution < -0.4 is 4.74 Å². The lowest BCUT2D eigenvalue weighted by Gasteiger charge is -2.19. The van der Waals surface area contributed by atoms with Crippen molar-refractivity contribution in [2.75, 3.05) is 0 Å². The Bertz CT molecular complexity index is 648. The fourth-order valence-corrected chi connectivity index (χ4v) is 2.06. The molecular weight excluding hydrogens is 270 g/mol. The third-order valence-corrected chi connectivity index (χ3v) is 3.35. The van der Waals surface area contributed by atoms with Gasteiger partial charge in [-0.25, -0.2) is 0 Å². The number of rotatable bonds is 2. The Hall–Kier alpha value is -1.98. The molecule has 102 valence electrons. The molecule has 0 aliphatic carbocycles. The number of hydrogen-bond acceptors (Lipinski definition) is 2. The molecule has 0 bridgehead atoms. The Morgan fingerprint density at radius 1 is 1.05 bits per heavy atom. The summed E-state index contributed by atoms with van der Waals surface area (Å²) >= 11 is 5.98. The highest BCUT2D eigenvalue weighted by molar-refractivity contribution is 6.31. The first-order chi connectivity index (χ1) is 9.41. The molecule has 0 fully saturated rings. The summed E-state index contributed by atoms with van der Waals surface area (Å²) in [6, 6.07) is 15.1. The van der Waals surface area contributed by atoms with Gasteiger partial charge in [0.2, 0.25) is 0 Å². The molecule has 2 nitrogen and oxygen atoms in total. The van der Waals surface area contributed by atoms with E-state index >= 15 is 0 Å². The number of benzene rings is 2. The predicted molar refractivity (Wildman–Crippen MR) is 81.4 cm³/mol. The van der Waals surface area contributed by atoms with Crippen molar-refractivity contribution in [1.29, 1.82) is 5.26 Å². The normalized spacial score (nSPS) is 10.9. The number of nitrogens with zero attached hydrogens (tertiary/aromatic N) is 1. The monoisotopic (exact) mass is 285 g/mol. The maximum absolute atomic E-state index is 9.11. The Morgan fingerprint density at radius 2 is 1.70 bits per heavy atom. The van der Waals surface area contributed by atoms with Crippen molar-refractivity contribution in [3.05, 3.63) is 58.6 Å². The van der Waals surface area contributed by atoms with Crippen molar-refractivity contribution in [2.45, 2.75) is 26.2 Å². The van der Waals surface area contributed by atoms with Gasteiger partial charge < -0.3 is 4.74 Å². The quantitative estimate of drug-likeness (QED) is 0.750. The van der Waals surface area contributed by atoms with Crippen LogP contribution in [-0.2, 0) is 5.41 Å². The molecule has 0 aliphatic rings. The molecule has 0 aliphatic heterocycles. The van der Waals surface area contributed by atoms with Gasteiger partial charge in [-0.2, -0.15) is 5.26 Å². The van der Waals surface area contributed by atoms with E-state index < -0.39 is 0 Å². The molecule has 0 atom stereocenters. The minimum atomic E-state index is 0.104. The third kappa shape index (κ3) is 3.12. The molecule has 0 unspecified atom stereocenters. The van der Waals surface area contributed by atoms with E-state index in [-0.39, 0.29) is 5.41 Å². The summed E-state index contributed by atoms with van der Waals surface area (Å²) in [7, 11) is 0. The van der Waals surface area contributed by atoms with Crippen LogP contribution in [0.3, 0.4) is 0 Å². The average molecular weight is 286 g/mol. The highest BCUT2D eigenvalue weighted by atomic mass is 35.5. The minimum absolute atomic E-state index is 0.104. The molecule has 2 rings (SSSR count). The standard InChI is InChI=1S/C17H16ClNO/c1-17(2,3)12-7-9-13(10-8-12)20-16-6-4-5-15(18)14(16)11-19/h4-10H,1-3H3. The third-order valence-electron chi connectivity index (χ3n) is 3.04. The fraction of sp³-hybridized carbons (Fsp3) is 0.235. The van der Waals surface area contributed by atoms with Crippen LogP contribution in [0.5, 0.6) is 11.5 Å². The van der Waals surface area contributed by atoms with Gasteiger partial charge in [-0.3, -0.25) is 0 Å². The van der Waals surface area contributed by atoms with Crippen molar-refractivity contribution < 1.29 is 4.74 Å². The molecule has 0 amide bonds. The van der Waals surface area contributed by atoms with Gasteiger partial charge in [0.1, 0.15) is 23.1 Å². The van der Waals surface area contributed by atoms with E-state index in [9.17, 15) is 0 Å². The van der Waals surface area contributed by atoms with Gasteiger partial charge in [0.05, 0.1) is 5.02 Å². The zero-order valence-corrected chi connectivity index (χ0v) is 12.5. The van der Waals surface area contributed by atoms with E-state index in [1.165, 1.54) is 5.56 Å². The lowest BCUT2D eigenvalue weighted by Crippen LogP contribution is -2.10. The Morgan fingerprint density at radius 3 is 2.25 bits per heavy atom. The Kier molecular flexibility index (Phi) is 4.01. The van der Waals surface area contributed by atoms with Gasteiger partial charge in [0.15, 0.2) is 0 Å². The van der Waals surface area contributed by atoms with Crippen LogP contribution in [0.1, 0.15) is 31.9 Å². The van der Waals surface area contributed by atoms with Crippen LogP contribution in [-0.4, -0.2) is 0 Å². The van der Waals surface area contributed by atoms with Gasteiger partial charge >= 0.3 is 0 Å². The van der Waals surface area contributed by atoms with E-state index in [0.29, 0.717) is 22.1 Å². The van der Waals surface area contributed by atoms with Crippen molar-refractivity contribution in [3.63, 3.8) is 0 Å². The maximum atomic E-state index is 9.11. The summed E-state index contributed by atoms with van der Waals surface area (Å²) < 4.78 is 5.74. The topological polar surface area (TPSA) is 33.0 Å². The summed E-state index contributed by atoms with van der Waals surface area (Å²) in [5, 5.41) is 9.51. The summed E-state index contributed by atoms with van der Waals surface area (Å²) in [5.41, 5.74) is 1.69. The van der Waals surface area contributed by atoms with E-state index in [1.54, 1.807) is 18.2 Å². The molecule has 2 aromatic rings. The minimum Gasteiger partial charge on any atom is -0.456 e. The Balaban J connectivity index is 2.28. The van der Waals surface area contributed by atoms with Crippen molar-refractivity contribution in [3.8, 4) is 17.6 Å². The first kappa shape index (κ1) is 14.4. The van der Waals surface area contributed by atoms with Gasteiger partial charge in [-0.1, -0.05) is 50.6 Å².